The van der Waals surface area contributed by atoms with E-state index in [0.717, 1.165) is 47.4 Å². The fourth-order valence-electron chi connectivity index (χ4n) is 3.50. The lowest BCUT2D eigenvalue weighted by Crippen LogP contribution is -2.19. The molecule has 0 bridgehead atoms. The van der Waals surface area contributed by atoms with Crippen LogP contribution in [0.25, 0.3) is 5.69 Å². The molecule has 1 aliphatic rings. The molecule has 1 aromatic carbocycles. The molecule has 30 heavy (non-hydrogen) atoms. The summed E-state index contributed by atoms with van der Waals surface area (Å²) in [6, 6.07) is 5.96. The van der Waals surface area contributed by atoms with E-state index in [1.165, 1.54) is 28.7 Å². The molecule has 2 heterocycles. The van der Waals surface area contributed by atoms with E-state index in [1.807, 2.05) is 32.0 Å². The highest BCUT2D eigenvalue weighted by Gasteiger charge is 2.25. The Labute approximate surface area is 182 Å². The molecule has 3 aromatic rings. The second-order valence-electron chi connectivity index (χ2n) is 7.26. The largest absolute Gasteiger partial charge is 0.365 e. The smallest absolute Gasteiger partial charge is 0.251 e. The normalized spacial score (nSPS) is 13.1. The van der Waals surface area contributed by atoms with Crippen molar-refractivity contribution in [2.24, 2.45) is 5.73 Å². The molecule has 0 saturated carbocycles. The number of nitrogens with two attached hydrogens (primary N) is 1. The number of tetrazole rings is 1. The van der Waals surface area contributed by atoms with Crippen molar-refractivity contribution in [3.8, 4) is 5.69 Å². The van der Waals surface area contributed by atoms with Crippen molar-refractivity contribution in [3.63, 3.8) is 0 Å². The van der Waals surface area contributed by atoms with Gasteiger partial charge in [0.1, 0.15) is 5.00 Å². The molecule has 0 radical (unpaired) electrons. The van der Waals surface area contributed by atoms with Gasteiger partial charge in [-0.05, 0) is 78.8 Å². The van der Waals surface area contributed by atoms with E-state index in [-0.39, 0.29) is 11.7 Å². The van der Waals surface area contributed by atoms with Crippen LogP contribution in [-0.2, 0) is 17.6 Å². The molecule has 156 valence electrons. The van der Waals surface area contributed by atoms with E-state index >= 15 is 0 Å². The number of carbonyl (C=O) groups excluding carboxylic acids is 2. The Hall–Kier alpha value is -2.72. The Kier molecular flexibility index (Phi) is 5.87. The number of primary amides is 1. The van der Waals surface area contributed by atoms with Crippen LogP contribution < -0.4 is 11.1 Å². The summed E-state index contributed by atoms with van der Waals surface area (Å²) < 4.78 is 1.61. The summed E-state index contributed by atoms with van der Waals surface area (Å²) in [6.07, 6.45) is 3.89. The second-order valence-corrected chi connectivity index (χ2v) is 9.31. The van der Waals surface area contributed by atoms with Gasteiger partial charge in [0.2, 0.25) is 11.1 Å². The van der Waals surface area contributed by atoms with Gasteiger partial charge in [-0.3, -0.25) is 9.59 Å². The molecule has 0 spiro atoms. The third-order valence-electron chi connectivity index (χ3n) is 5.18. The number of hydrogen-bond donors (Lipinski definition) is 2. The number of thioether (sulfide) groups is 1. The van der Waals surface area contributed by atoms with Crippen molar-refractivity contribution in [1.82, 2.24) is 20.2 Å². The maximum atomic E-state index is 12.6. The molecule has 8 nitrogen and oxygen atoms in total. The highest BCUT2D eigenvalue weighted by atomic mass is 32.2. The van der Waals surface area contributed by atoms with E-state index in [2.05, 4.69) is 20.8 Å². The topological polar surface area (TPSA) is 116 Å². The molecule has 0 saturated heterocycles. The first-order valence-electron chi connectivity index (χ1n) is 9.67. The van der Waals surface area contributed by atoms with Crippen LogP contribution in [0.15, 0.2) is 23.4 Å². The summed E-state index contributed by atoms with van der Waals surface area (Å²) in [5.41, 5.74) is 10.2. The van der Waals surface area contributed by atoms with Crippen LogP contribution in [0.4, 0.5) is 5.00 Å². The summed E-state index contributed by atoms with van der Waals surface area (Å²) in [5, 5.41) is 15.8. The molecular formula is C20H22N6O2S2. The molecule has 0 aliphatic heterocycles. The van der Waals surface area contributed by atoms with Gasteiger partial charge >= 0.3 is 0 Å². The van der Waals surface area contributed by atoms with Gasteiger partial charge in [0, 0.05) is 4.88 Å². The summed E-state index contributed by atoms with van der Waals surface area (Å²) in [7, 11) is 0. The number of benzene rings is 1. The number of amides is 2. The number of nitrogens with zero attached hydrogens (tertiary/aromatic N) is 4. The molecular weight excluding hydrogens is 420 g/mol. The van der Waals surface area contributed by atoms with Crippen LogP contribution >= 0.6 is 23.1 Å². The Morgan fingerprint density at radius 2 is 2.03 bits per heavy atom. The van der Waals surface area contributed by atoms with Crippen LogP contribution in [0.2, 0.25) is 0 Å². The Morgan fingerprint density at radius 1 is 1.23 bits per heavy atom. The summed E-state index contributed by atoms with van der Waals surface area (Å²) in [6.45, 7) is 4.07. The van der Waals surface area contributed by atoms with Crippen LogP contribution in [-0.4, -0.2) is 37.8 Å². The fourth-order valence-corrected chi connectivity index (χ4v) is 5.50. The maximum Gasteiger partial charge on any atom is 0.251 e. The number of hydrogen-bond acceptors (Lipinski definition) is 7. The van der Waals surface area contributed by atoms with Gasteiger partial charge in [-0.15, -0.1) is 16.4 Å². The standard InChI is InChI=1S/C20H22N6O2S2/c1-11-7-8-13(9-12(11)2)26-20(23-24-25-26)29-10-16(27)22-19-17(18(21)28)14-5-3-4-6-15(14)30-19/h7-9H,3-6,10H2,1-2H3,(H2,21,28)(H,22,27). The van der Waals surface area contributed by atoms with Crippen LogP contribution in [0.1, 0.15) is 44.8 Å². The fraction of sp³-hybridized carbons (Fsp3) is 0.350. The second kappa shape index (κ2) is 8.57. The zero-order valence-electron chi connectivity index (χ0n) is 16.8. The minimum atomic E-state index is -0.490. The summed E-state index contributed by atoms with van der Waals surface area (Å²) >= 11 is 2.70. The quantitative estimate of drug-likeness (QED) is 0.567. The van der Waals surface area contributed by atoms with Crippen molar-refractivity contribution >= 4 is 39.9 Å². The molecule has 4 rings (SSSR count). The molecule has 3 N–H and O–H groups in total. The third-order valence-corrected chi connectivity index (χ3v) is 7.31. The van der Waals surface area contributed by atoms with Gasteiger partial charge in [0.15, 0.2) is 0 Å². The molecule has 2 aromatic heterocycles. The van der Waals surface area contributed by atoms with Crippen molar-refractivity contribution < 1.29 is 9.59 Å². The van der Waals surface area contributed by atoms with Crippen molar-refractivity contribution in [1.29, 1.82) is 0 Å². The lowest BCUT2D eigenvalue weighted by atomic mass is 9.95. The molecule has 10 heteroatoms. The highest BCUT2D eigenvalue weighted by molar-refractivity contribution is 7.99. The summed E-state index contributed by atoms with van der Waals surface area (Å²) in [5.74, 6) is -0.599. The predicted octanol–water partition coefficient (Wildman–Crippen LogP) is 3.05. The third kappa shape index (κ3) is 4.10. The monoisotopic (exact) mass is 442 g/mol. The maximum absolute atomic E-state index is 12.6. The predicted molar refractivity (Wildman–Crippen MR) is 117 cm³/mol. The van der Waals surface area contributed by atoms with Crippen LogP contribution in [0.5, 0.6) is 0 Å². The lowest BCUT2D eigenvalue weighted by molar-refractivity contribution is -0.113. The number of fused-ring (bicyclic) bond motifs is 1. The average Bonchev–Trinajstić information content (AvgIpc) is 3.32. The summed E-state index contributed by atoms with van der Waals surface area (Å²) in [4.78, 5) is 25.7. The van der Waals surface area contributed by atoms with Crippen molar-refractivity contribution in [2.45, 2.75) is 44.7 Å². The molecule has 0 atom stereocenters. The van der Waals surface area contributed by atoms with E-state index in [9.17, 15) is 9.59 Å². The average molecular weight is 443 g/mol. The number of thiophene rings is 1. The lowest BCUT2D eigenvalue weighted by Gasteiger charge is -2.11. The van der Waals surface area contributed by atoms with Gasteiger partial charge in [-0.25, -0.2) is 0 Å². The van der Waals surface area contributed by atoms with Crippen molar-refractivity contribution in [2.75, 3.05) is 11.1 Å². The number of anilines is 1. The molecule has 0 unspecified atom stereocenters. The number of carbonyl (C=O) groups is 2. The van der Waals surface area contributed by atoms with Gasteiger partial charge in [0.25, 0.3) is 5.91 Å². The minimum Gasteiger partial charge on any atom is -0.365 e. The van der Waals surface area contributed by atoms with E-state index in [1.54, 1.807) is 4.68 Å². The first-order valence-corrected chi connectivity index (χ1v) is 11.5. The Bertz CT molecular complexity index is 1120. The zero-order chi connectivity index (χ0) is 21.3. The van der Waals surface area contributed by atoms with Crippen molar-refractivity contribution in [3.05, 3.63) is 45.3 Å². The van der Waals surface area contributed by atoms with Crippen LogP contribution in [0, 0.1) is 13.8 Å². The number of nitrogens with one attached hydrogen (secondary N) is 1. The number of rotatable bonds is 6. The minimum absolute atomic E-state index is 0.117. The van der Waals surface area contributed by atoms with E-state index in [4.69, 9.17) is 5.73 Å². The zero-order valence-corrected chi connectivity index (χ0v) is 18.4. The first-order chi connectivity index (χ1) is 14.4. The molecule has 2 amide bonds. The number of aromatic nitrogens is 4. The number of aryl methyl sites for hydroxylation is 3. The Morgan fingerprint density at radius 3 is 2.80 bits per heavy atom. The van der Waals surface area contributed by atoms with E-state index < -0.39 is 5.91 Å². The van der Waals surface area contributed by atoms with E-state index in [0.29, 0.717) is 15.7 Å². The van der Waals surface area contributed by atoms with Gasteiger partial charge in [0.05, 0.1) is 17.0 Å². The van der Waals surface area contributed by atoms with Gasteiger partial charge in [-0.1, -0.05) is 17.8 Å². The molecule has 1 aliphatic carbocycles. The van der Waals surface area contributed by atoms with Gasteiger partial charge in [-0.2, -0.15) is 4.68 Å². The SMILES string of the molecule is Cc1ccc(-n2nnnc2SCC(=O)Nc2sc3c(c2C(N)=O)CCCC3)cc1C. The van der Waals surface area contributed by atoms with Gasteiger partial charge < -0.3 is 11.1 Å². The van der Waals surface area contributed by atoms with Crippen LogP contribution in [0.3, 0.4) is 0 Å². The Balaban J connectivity index is 1.47. The molecule has 0 fully saturated rings. The highest BCUT2D eigenvalue weighted by Crippen LogP contribution is 2.38. The first kappa shape index (κ1) is 20.5.